The summed E-state index contributed by atoms with van der Waals surface area (Å²) in [5.74, 6) is 0.361. The minimum absolute atomic E-state index is 0.256. The van der Waals surface area contributed by atoms with Gasteiger partial charge in [0.1, 0.15) is 11.8 Å². The van der Waals surface area contributed by atoms with Crippen LogP contribution in [-0.2, 0) is 9.59 Å². The molecule has 6 nitrogen and oxygen atoms in total. The number of nitrogens with zero attached hydrogens (tertiary/aromatic N) is 1. The van der Waals surface area contributed by atoms with Crippen molar-refractivity contribution in [1.29, 1.82) is 0 Å². The zero-order valence-corrected chi connectivity index (χ0v) is 8.83. The molecule has 0 aliphatic heterocycles. The van der Waals surface area contributed by atoms with Gasteiger partial charge in [0.15, 0.2) is 5.82 Å². The molecule has 6 heteroatoms. The number of aromatic nitrogens is 1. The minimum Gasteiger partial charge on any atom is -0.360 e. The van der Waals surface area contributed by atoms with Crippen molar-refractivity contribution in [1.82, 2.24) is 10.5 Å². The van der Waals surface area contributed by atoms with Crippen LogP contribution in [0, 0.1) is 6.92 Å². The summed E-state index contributed by atoms with van der Waals surface area (Å²) in [7, 11) is 0. The fourth-order valence-electron chi connectivity index (χ4n) is 1.03. The zero-order chi connectivity index (χ0) is 11.4. The second-order valence-corrected chi connectivity index (χ2v) is 3.23. The molecule has 1 aromatic rings. The molecule has 0 aliphatic rings. The Kier molecular flexibility index (Phi) is 3.43. The zero-order valence-electron chi connectivity index (χ0n) is 8.83. The van der Waals surface area contributed by atoms with Crippen molar-refractivity contribution in [3.8, 4) is 0 Å². The summed E-state index contributed by atoms with van der Waals surface area (Å²) in [6.07, 6.45) is 0. The first kappa shape index (κ1) is 11.2. The molecule has 0 radical (unpaired) electrons. The molecule has 0 spiro atoms. The van der Waals surface area contributed by atoms with Crippen molar-refractivity contribution >= 4 is 17.6 Å². The molecule has 2 N–H and O–H groups in total. The van der Waals surface area contributed by atoms with Gasteiger partial charge in [-0.25, -0.2) is 0 Å². The van der Waals surface area contributed by atoms with E-state index in [1.165, 1.54) is 6.92 Å². The molecule has 0 unspecified atom stereocenters. The number of aryl methyl sites for hydroxylation is 1. The maximum absolute atomic E-state index is 11.4. The lowest BCUT2D eigenvalue weighted by Crippen LogP contribution is -2.40. The summed E-state index contributed by atoms with van der Waals surface area (Å²) in [5.41, 5.74) is 0. The lowest BCUT2D eigenvalue weighted by atomic mass is 10.3. The largest absolute Gasteiger partial charge is 0.360 e. The number of amides is 2. The monoisotopic (exact) mass is 211 g/mol. The first-order valence-corrected chi connectivity index (χ1v) is 4.50. The molecule has 1 heterocycles. The van der Waals surface area contributed by atoms with Gasteiger partial charge in [-0.15, -0.1) is 0 Å². The molecule has 0 bridgehead atoms. The summed E-state index contributed by atoms with van der Waals surface area (Å²) in [6, 6.07) is 0.998. The van der Waals surface area contributed by atoms with Crippen LogP contribution in [0.5, 0.6) is 0 Å². The minimum atomic E-state index is -0.598. The van der Waals surface area contributed by atoms with Gasteiger partial charge in [0.25, 0.3) is 0 Å². The Balaban J connectivity index is 2.52. The topological polar surface area (TPSA) is 84.2 Å². The highest BCUT2D eigenvalue weighted by molar-refractivity contribution is 5.95. The molecule has 1 atom stereocenters. The maximum atomic E-state index is 11.4. The number of hydrogen-bond acceptors (Lipinski definition) is 4. The highest BCUT2D eigenvalue weighted by Crippen LogP contribution is 2.07. The van der Waals surface area contributed by atoms with E-state index in [2.05, 4.69) is 15.8 Å². The van der Waals surface area contributed by atoms with E-state index in [0.717, 1.165) is 0 Å². The second-order valence-electron chi connectivity index (χ2n) is 3.23. The Morgan fingerprint density at radius 2 is 2.20 bits per heavy atom. The van der Waals surface area contributed by atoms with Crippen LogP contribution in [0.15, 0.2) is 10.6 Å². The third-order valence-corrected chi connectivity index (χ3v) is 1.69. The number of carbonyl (C=O) groups is 2. The molecule has 0 aromatic carbocycles. The Labute approximate surface area is 87.0 Å². The van der Waals surface area contributed by atoms with Gasteiger partial charge in [0, 0.05) is 13.0 Å². The van der Waals surface area contributed by atoms with Crippen molar-refractivity contribution in [2.45, 2.75) is 26.8 Å². The van der Waals surface area contributed by atoms with E-state index in [4.69, 9.17) is 4.52 Å². The molecule has 0 saturated carbocycles. The van der Waals surface area contributed by atoms with Crippen LogP contribution in [0.1, 0.15) is 19.6 Å². The number of anilines is 1. The van der Waals surface area contributed by atoms with Crippen LogP contribution in [0.25, 0.3) is 0 Å². The Hall–Kier alpha value is -1.85. The van der Waals surface area contributed by atoms with E-state index in [-0.39, 0.29) is 11.8 Å². The molecule has 82 valence electrons. The van der Waals surface area contributed by atoms with Gasteiger partial charge in [-0.1, -0.05) is 5.16 Å². The second kappa shape index (κ2) is 4.59. The SMILES string of the molecule is CC(=O)N[C@@H](C)C(=O)Nc1cc(C)on1. The van der Waals surface area contributed by atoms with Crippen LogP contribution >= 0.6 is 0 Å². The summed E-state index contributed by atoms with van der Waals surface area (Å²) in [5, 5.41) is 8.57. The highest BCUT2D eigenvalue weighted by atomic mass is 16.5. The average Bonchev–Trinajstić information content (AvgIpc) is 2.50. The summed E-state index contributed by atoms with van der Waals surface area (Å²) < 4.78 is 4.77. The standard InChI is InChI=1S/C9H13N3O3/c1-5-4-8(12-15-5)11-9(14)6(2)10-7(3)13/h4,6H,1-3H3,(H,10,13)(H,11,12,14)/t6-/m0/s1. The van der Waals surface area contributed by atoms with Gasteiger partial charge in [-0.2, -0.15) is 0 Å². The fraction of sp³-hybridized carbons (Fsp3) is 0.444. The smallest absolute Gasteiger partial charge is 0.247 e. The van der Waals surface area contributed by atoms with Gasteiger partial charge >= 0.3 is 0 Å². The van der Waals surface area contributed by atoms with Crippen molar-refractivity contribution in [3.63, 3.8) is 0 Å². The fourth-order valence-corrected chi connectivity index (χ4v) is 1.03. The Morgan fingerprint density at radius 3 is 2.67 bits per heavy atom. The van der Waals surface area contributed by atoms with E-state index in [1.807, 2.05) is 0 Å². The van der Waals surface area contributed by atoms with Gasteiger partial charge in [0.05, 0.1) is 0 Å². The van der Waals surface area contributed by atoms with Crippen LogP contribution in [0.2, 0.25) is 0 Å². The lowest BCUT2D eigenvalue weighted by molar-refractivity contribution is -0.124. The van der Waals surface area contributed by atoms with Crippen LogP contribution in [0.4, 0.5) is 5.82 Å². The van der Waals surface area contributed by atoms with E-state index in [9.17, 15) is 9.59 Å². The Bertz CT molecular complexity index is 372. The van der Waals surface area contributed by atoms with E-state index in [1.54, 1.807) is 19.9 Å². The van der Waals surface area contributed by atoms with Crippen molar-refractivity contribution in [2.75, 3.05) is 5.32 Å². The number of hydrogen-bond donors (Lipinski definition) is 2. The van der Waals surface area contributed by atoms with Gasteiger partial charge in [-0.05, 0) is 13.8 Å². The summed E-state index contributed by atoms with van der Waals surface area (Å²) in [4.78, 5) is 22.1. The van der Waals surface area contributed by atoms with Crippen molar-refractivity contribution < 1.29 is 14.1 Å². The predicted octanol–water partition coefficient (Wildman–Crippen LogP) is 0.446. The van der Waals surface area contributed by atoms with Crippen LogP contribution < -0.4 is 10.6 Å². The first-order valence-electron chi connectivity index (χ1n) is 4.50. The molecule has 1 rings (SSSR count). The summed E-state index contributed by atoms with van der Waals surface area (Å²) >= 11 is 0. The number of carbonyl (C=O) groups excluding carboxylic acids is 2. The molecule has 1 aromatic heterocycles. The third kappa shape index (κ3) is 3.41. The van der Waals surface area contributed by atoms with E-state index in [0.29, 0.717) is 11.6 Å². The average molecular weight is 211 g/mol. The molecule has 0 fully saturated rings. The van der Waals surface area contributed by atoms with Crippen molar-refractivity contribution in [3.05, 3.63) is 11.8 Å². The predicted molar refractivity (Wildman–Crippen MR) is 53.1 cm³/mol. The maximum Gasteiger partial charge on any atom is 0.247 e. The van der Waals surface area contributed by atoms with Crippen LogP contribution in [0.3, 0.4) is 0 Å². The van der Waals surface area contributed by atoms with Gasteiger partial charge < -0.3 is 15.2 Å². The Morgan fingerprint density at radius 1 is 1.53 bits per heavy atom. The molecule has 0 aliphatic carbocycles. The molecule has 15 heavy (non-hydrogen) atoms. The normalized spacial score (nSPS) is 11.9. The quantitative estimate of drug-likeness (QED) is 0.760. The highest BCUT2D eigenvalue weighted by Gasteiger charge is 2.14. The van der Waals surface area contributed by atoms with E-state index < -0.39 is 6.04 Å². The molecular weight excluding hydrogens is 198 g/mol. The molecular formula is C9H13N3O3. The number of nitrogens with one attached hydrogen (secondary N) is 2. The van der Waals surface area contributed by atoms with Crippen LogP contribution in [-0.4, -0.2) is 23.0 Å². The molecule has 0 saturated heterocycles. The first-order chi connectivity index (χ1) is 6.99. The molecule has 2 amide bonds. The van der Waals surface area contributed by atoms with Gasteiger partial charge in [-0.3, -0.25) is 9.59 Å². The third-order valence-electron chi connectivity index (χ3n) is 1.69. The van der Waals surface area contributed by atoms with Gasteiger partial charge in [0.2, 0.25) is 11.8 Å². The lowest BCUT2D eigenvalue weighted by Gasteiger charge is -2.10. The van der Waals surface area contributed by atoms with Crippen molar-refractivity contribution in [2.24, 2.45) is 0 Å². The number of rotatable bonds is 3. The van der Waals surface area contributed by atoms with E-state index >= 15 is 0 Å². The summed E-state index contributed by atoms with van der Waals surface area (Å²) in [6.45, 7) is 4.66.